The van der Waals surface area contributed by atoms with Crippen molar-refractivity contribution in [3.05, 3.63) is 77.4 Å². The second-order valence-corrected chi connectivity index (χ2v) is 7.93. The molecular formula is C26H27F2N3O5. The number of rotatable bonds is 11. The highest BCUT2D eigenvalue weighted by atomic mass is 19.1. The zero-order valence-electron chi connectivity index (χ0n) is 19.8. The quantitative estimate of drug-likeness (QED) is 0.358. The number of carbonyl (C=O) groups is 2. The number of allylic oxidation sites excluding steroid dienone is 4. The number of carboxylic acid groups (broad SMARTS) is 1. The number of hydrogen-bond donors (Lipinski definition) is 4. The molecule has 2 aromatic rings. The molecule has 0 spiro atoms. The van der Waals surface area contributed by atoms with Crippen LogP contribution in [0.2, 0.25) is 0 Å². The number of ketones is 1. The average molecular weight is 500 g/mol. The number of ether oxygens (including phenoxy) is 2. The minimum absolute atomic E-state index is 0.122. The standard InChI is InChI=1S/C26H27F2N3O5/c1-3-35-17-12-19(22(28)21(13-17)36-4-2)24(26(33)34)31-16-8-5-14(6-9-16)23(30)25(32)18-10-7-15(27)11-20(18)29/h5-13,18,23-24,29,31H,3-4,30H2,1-2H3,(H,33,34). The van der Waals surface area contributed by atoms with E-state index in [1.54, 1.807) is 13.8 Å². The van der Waals surface area contributed by atoms with Crippen LogP contribution in [0.1, 0.15) is 37.1 Å². The predicted molar refractivity (Wildman–Crippen MR) is 131 cm³/mol. The molecule has 0 bridgehead atoms. The van der Waals surface area contributed by atoms with Crippen LogP contribution >= 0.6 is 0 Å². The van der Waals surface area contributed by atoms with E-state index in [1.807, 2.05) is 0 Å². The summed E-state index contributed by atoms with van der Waals surface area (Å²) in [4.78, 5) is 24.8. The minimum atomic E-state index is -1.47. The smallest absolute Gasteiger partial charge is 0.330 e. The molecule has 3 atom stereocenters. The Balaban J connectivity index is 1.83. The number of hydrogen-bond acceptors (Lipinski definition) is 7. The highest BCUT2D eigenvalue weighted by molar-refractivity contribution is 6.13. The third-order valence-electron chi connectivity index (χ3n) is 5.48. The first-order valence-corrected chi connectivity index (χ1v) is 11.3. The van der Waals surface area contributed by atoms with Crippen LogP contribution in [0, 0.1) is 17.1 Å². The summed E-state index contributed by atoms with van der Waals surface area (Å²) in [7, 11) is 0. The third kappa shape index (κ3) is 5.95. The van der Waals surface area contributed by atoms with Gasteiger partial charge in [0.2, 0.25) is 0 Å². The highest BCUT2D eigenvalue weighted by Crippen LogP contribution is 2.33. The zero-order valence-corrected chi connectivity index (χ0v) is 19.8. The zero-order chi connectivity index (χ0) is 26.4. The lowest BCUT2D eigenvalue weighted by Gasteiger charge is -2.21. The first-order valence-electron chi connectivity index (χ1n) is 11.3. The molecule has 0 aliphatic heterocycles. The van der Waals surface area contributed by atoms with Gasteiger partial charge in [-0.25, -0.2) is 13.6 Å². The van der Waals surface area contributed by atoms with Crippen molar-refractivity contribution in [2.45, 2.75) is 25.9 Å². The topological polar surface area (TPSA) is 135 Å². The molecule has 36 heavy (non-hydrogen) atoms. The number of anilines is 1. The highest BCUT2D eigenvalue weighted by Gasteiger charge is 2.29. The maximum Gasteiger partial charge on any atom is 0.330 e. The Morgan fingerprint density at radius 3 is 2.39 bits per heavy atom. The molecule has 8 nitrogen and oxygen atoms in total. The van der Waals surface area contributed by atoms with Crippen LogP contribution in [-0.2, 0) is 9.59 Å². The average Bonchev–Trinajstić information content (AvgIpc) is 2.84. The molecule has 0 fully saturated rings. The Bertz CT molecular complexity index is 1210. The summed E-state index contributed by atoms with van der Waals surface area (Å²) in [5, 5.41) is 20.4. The normalized spacial score (nSPS) is 16.6. The molecule has 0 saturated heterocycles. The number of aliphatic carboxylic acids is 1. The number of benzene rings is 2. The lowest BCUT2D eigenvalue weighted by molar-refractivity contribution is -0.138. The van der Waals surface area contributed by atoms with Crippen LogP contribution in [0.25, 0.3) is 0 Å². The van der Waals surface area contributed by atoms with E-state index in [2.05, 4.69) is 5.32 Å². The molecule has 0 saturated carbocycles. The van der Waals surface area contributed by atoms with Crippen LogP contribution in [0.15, 0.2) is 60.5 Å². The Labute approximate surface area is 206 Å². The first-order chi connectivity index (χ1) is 17.2. The van der Waals surface area contributed by atoms with Gasteiger partial charge in [-0.3, -0.25) is 4.79 Å². The molecule has 5 N–H and O–H groups in total. The number of nitrogens with two attached hydrogens (primary N) is 1. The van der Waals surface area contributed by atoms with Crippen molar-refractivity contribution in [2.75, 3.05) is 18.5 Å². The van der Waals surface area contributed by atoms with Gasteiger partial charge >= 0.3 is 5.97 Å². The van der Waals surface area contributed by atoms with Gasteiger partial charge in [0, 0.05) is 23.0 Å². The van der Waals surface area contributed by atoms with Crippen molar-refractivity contribution in [1.82, 2.24) is 0 Å². The van der Waals surface area contributed by atoms with E-state index < -0.39 is 41.4 Å². The molecule has 1 aliphatic carbocycles. The van der Waals surface area contributed by atoms with E-state index in [9.17, 15) is 19.1 Å². The lowest BCUT2D eigenvalue weighted by Crippen LogP contribution is -2.32. The second kappa shape index (κ2) is 11.6. The van der Waals surface area contributed by atoms with Gasteiger partial charge in [0.05, 0.1) is 25.2 Å². The van der Waals surface area contributed by atoms with E-state index in [-0.39, 0.29) is 29.4 Å². The van der Waals surface area contributed by atoms with E-state index in [4.69, 9.17) is 20.6 Å². The maximum atomic E-state index is 15.1. The van der Waals surface area contributed by atoms with Crippen molar-refractivity contribution >= 4 is 23.2 Å². The van der Waals surface area contributed by atoms with Gasteiger partial charge in [-0.05, 0) is 49.8 Å². The minimum Gasteiger partial charge on any atom is -0.494 e. The van der Waals surface area contributed by atoms with Gasteiger partial charge in [-0.2, -0.15) is 0 Å². The monoisotopic (exact) mass is 499 g/mol. The summed E-state index contributed by atoms with van der Waals surface area (Å²) in [5.74, 6) is -4.07. The summed E-state index contributed by atoms with van der Waals surface area (Å²) in [5.41, 5.74) is 6.46. The SMILES string of the molecule is CCOc1cc(OCC)c(F)c(C(Nc2ccc(C(N)C(=O)C3C=CC(F)=CC3=N)cc2)C(=O)O)c1. The van der Waals surface area contributed by atoms with Gasteiger partial charge in [0.25, 0.3) is 0 Å². The summed E-state index contributed by atoms with van der Waals surface area (Å²) in [6, 6.07) is 6.17. The van der Waals surface area contributed by atoms with Crippen molar-refractivity contribution in [3.8, 4) is 11.5 Å². The van der Waals surface area contributed by atoms with Crippen LogP contribution < -0.4 is 20.5 Å². The van der Waals surface area contributed by atoms with Gasteiger partial charge < -0.3 is 31.0 Å². The number of Topliss-reactive ketones (excluding diaryl/α,β-unsaturated/α-hetero) is 1. The Kier molecular flexibility index (Phi) is 8.55. The molecule has 0 aromatic heterocycles. The van der Waals surface area contributed by atoms with E-state index in [1.165, 1.54) is 42.5 Å². The molecule has 190 valence electrons. The fraction of sp³-hybridized carbons (Fsp3) is 0.269. The largest absolute Gasteiger partial charge is 0.494 e. The molecule has 1 aliphatic rings. The number of carboxylic acids is 1. The Morgan fingerprint density at radius 2 is 1.81 bits per heavy atom. The maximum absolute atomic E-state index is 15.1. The second-order valence-electron chi connectivity index (χ2n) is 7.93. The fourth-order valence-electron chi connectivity index (χ4n) is 3.72. The molecule has 2 aromatic carbocycles. The van der Waals surface area contributed by atoms with Crippen molar-refractivity contribution in [1.29, 1.82) is 5.41 Å². The van der Waals surface area contributed by atoms with Gasteiger partial charge in [-0.1, -0.05) is 18.2 Å². The number of halogens is 2. The summed E-state index contributed by atoms with van der Waals surface area (Å²) in [6.07, 6.45) is 3.36. The van der Waals surface area contributed by atoms with Crippen LogP contribution in [-0.4, -0.2) is 35.8 Å². The van der Waals surface area contributed by atoms with Crippen LogP contribution in [0.4, 0.5) is 14.5 Å². The molecule has 3 rings (SSSR count). The number of nitrogens with one attached hydrogen (secondary N) is 2. The number of carbonyl (C=O) groups excluding carboxylic acids is 1. The molecule has 3 unspecified atom stereocenters. The van der Waals surface area contributed by atoms with Crippen molar-refractivity contribution < 1.29 is 33.0 Å². The molecule has 0 radical (unpaired) electrons. The fourth-order valence-corrected chi connectivity index (χ4v) is 3.72. The molecule has 10 heteroatoms. The van der Waals surface area contributed by atoms with E-state index >= 15 is 4.39 Å². The molecule has 0 heterocycles. The summed E-state index contributed by atoms with van der Waals surface area (Å²) < 4.78 is 39.1. The molecule has 0 amide bonds. The molecular weight excluding hydrogens is 472 g/mol. The summed E-state index contributed by atoms with van der Waals surface area (Å²) >= 11 is 0. The van der Waals surface area contributed by atoms with Gasteiger partial charge in [0.1, 0.15) is 11.6 Å². The summed E-state index contributed by atoms with van der Waals surface area (Å²) in [6.45, 7) is 3.90. The Hall–Kier alpha value is -4.05. The van der Waals surface area contributed by atoms with Gasteiger partial charge in [0.15, 0.2) is 23.4 Å². The van der Waals surface area contributed by atoms with Crippen molar-refractivity contribution in [2.24, 2.45) is 11.7 Å². The van der Waals surface area contributed by atoms with Gasteiger partial charge in [-0.15, -0.1) is 0 Å². The van der Waals surface area contributed by atoms with E-state index in [0.717, 1.165) is 12.2 Å². The third-order valence-corrected chi connectivity index (χ3v) is 5.48. The van der Waals surface area contributed by atoms with E-state index in [0.29, 0.717) is 17.9 Å². The van der Waals surface area contributed by atoms with Crippen LogP contribution in [0.5, 0.6) is 11.5 Å². The Morgan fingerprint density at radius 1 is 1.14 bits per heavy atom. The lowest BCUT2D eigenvalue weighted by atomic mass is 9.87. The van der Waals surface area contributed by atoms with Crippen molar-refractivity contribution in [3.63, 3.8) is 0 Å². The van der Waals surface area contributed by atoms with Crippen LogP contribution in [0.3, 0.4) is 0 Å². The predicted octanol–water partition coefficient (Wildman–Crippen LogP) is 4.49. The first kappa shape index (κ1) is 26.6.